The van der Waals surface area contributed by atoms with Gasteiger partial charge in [-0.25, -0.2) is 0 Å². The van der Waals surface area contributed by atoms with Crippen LogP contribution >= 0.6 is 0 Å². The Balaban J connectivity index is -0.000000219. The van der Waals surface area contributed by atoms with Gasteiger partial charge in [-0.2, -0.15) is 17.3 Å². The van der Waals surface area contributed by atoms with Crippen LogP contribution in [0, 0.1) is 0 Å². The molecule has 0 rings (SSSR count). The number of hydrogen-bond donors (Lipinski definition) is 0. The molecule has 0 saturated carbocycles. The van der Waals surface area contributed by atoms with Gasteiger partial charge in [0.25, 0.3) is 0 Å². The molecule has 40 heavy (non-hydrogen) atoms. The minimum atomic E-state index is 0.953. The summed E-state index contributed by atoms with van der Waals surface area (Å²) in [5.41, 5.74) is 0. The first-order chi connectivity index (χ1) is 19.7. The van der Waals surface area contributed by atoms with E-state index in [0.29, 0.717) is 0 Å². The van der Waals surface area contributed by atoms with Crippen molar-refractivity contribution in [2.24, 2.45) is 0 Å². The second kappa shape index (κ2) is 56.6. The summed E-state index contributed by atoms with van der Waals surface area (Å²) in [5, 5.41) is 0. The molecule has 0 atom stereocenters. The fraction of sp³-hybridized carbons (Fsp3) is 1.00. The van der Waals surface area contributed by atoms with Crippen LogP contribution in [0.4, 0.5) is 0 Å². The molecule has 0 heterocycles. The van der Waals surface area contributed by atoms with E-state index in [1.165, 1.54) is 184 Å². The van der Waals surface area contributed by atoms with Crippen molar-refractivity contribution in [1.82, 2.24) is 0 Å². The Morgan fingerprint density at radius 3 is 0.625 bits per heavy atom. The SMILES string of the molecule is CCCCCCCCCC[S-].CCCCCCCCCC[S-].CCCCCCCCCC[S-].CCCCC[CH2][Sn+3]. The molecule has 0 unspecified atom stereocenters. The van der Waals surface area contributed by atoms with Gasteiger partial charge in [0.2, 0.25) is 0 Å². The molecule has 0 radical (unpaired) electrons. The van der Waals surface area contributed by atoms with Gasteiger partial charge in [0.1, 0.15) is 0 Å². The third-order valence-electron chi connectivity index (χ3n) is 7.02. The van der Waals surface area contributed by atoms with Gasteiger partial charge in [0.15, 0.2) is 0 Å². The van der Waals surface area contributed by atoms with Gasteiger partial charge in [0, 0.05) is 0 Å². The van der Waals surface area contributed by atoms with Gasteiger partial charge in [-0.1, -0.05) is 175 Å². The van der Waals surface area contributed by atoms with Crippen LogP contribution in [0.1, 0.15) is 207 Å². The molecule has 0 aromatic rings. The molecule has 0 amide bonds. The van der Waals surface area contributed by atoms with Gasteiger partial charge in [-0.3, -0.25) is 0 Å². The van der Waals surface area contributed by atoms with Crippen LogP contribution in [0.3, 0.4) is 0 Å². The maximum absolute atomic E-state index is 4.87. The topological polar surface area (TPSA) is 0 Å². The van der Waals surface area contributed by atoms with E-state index in [-0.39, 0.29) is 0 Å². The van der Waals surface area contributed by atoms with E-state index in [0.717, 1.165) is 17.3 Å². The molecule has 242 valence electrons. The zero-order valence-corrected chi connectivity index (χ0v) is 33.7. The second-order valence-corrected chi connectivity index (χ2v) is 14.0. The maximum atomic E-state index is 4.87. The normalized spacial score (nSPS) is 10.2. The third-order valence-corrected chi connectivity index (χ3v) is 8.90. The van der Waals surface area contributed by atoms with Crippen molar-refractivity contribution in [3.8, 4) is 0 Å². The zero-order valence-electron chi connectivity index (χ0n) is 28.4. The van der Waals surface area contributed by atoms with Crippen molar-refractivity contribution >= 4 is 60.4 Å². The Labute approximate surface area is 287 Å². The average Bonchev–Trinajstić information content (AvgIpc) is 2.97. The van der Waals surface area contributed by atoms with Crippen LogP contribution in [0.2, 0.25) is 4.44 Å². The second-order valence-electron chi connectivity index (χ2n) is 11.3. The van der Waals surface area contributed by atoms with Crippen molar-refractivity contribution in [1.29, 1.82) is 0 Å². The average molecular weight is 724 g/mol. The first kappa shape index (κ1) is 48.7. The Morgan fingerprint density at radius 2 is 0.450 bits per heavy atom. The number of unbranched alkanes of at least 4 members (excludes halogenated alkanes) is 24. The van der Waals surface area contributed by atoms with Crippen LogP contribution in [0.5, 0.6) is 0 Å². The summed E-state index contributed by atoms with van der Waals surface area (Å²) in [5.74, 6) is 2.86. The third kappa shape index (κ3) is 67.5. The molecule has 0 aliphatic heterocycles. The van der Waals surface area contributed by atoms with Crippen LogP contribution < -0.4 is 0 Å². The number of rotatable bonds is 28. The summed E-state index contributed by atoms with van der Waals surface area (Å²) in [7, 11) is 0. The van der Waals surface area contributed by atoms with Crippen molar-refractivity contribution in [2.75, 3.05) is 17.3 Å². The molecule has 0 nitrogen and oxygen atoms in total. The molecule has 0 aromatic heterocycles. The summed E-state index contributed by atoms with van der Waals surface area (Å²) >= 11 is 16.3. The number of hydrogen-bond acceptors (Lipinski definition) is 3. The predicted molar refractivity (Wildman–Crippen MR) is 199 cm³/mol. The zero-order chi connectivity index (χ0) is 30.6. The summed E-state index contributed by atoms with van der Waals surface area (Å²) < 4.78 is 1.45. The molecule has 0 bridgehead atoms. The van der Waals surface area contributed by atoms with E-state index in [1.807, 2.05) is 0 Å². The summed E-state index contributed by atoms with van der Waals surface area (Å²) in [6, 6.07) is 0. The minimum absolute atomic E-state index is 0.953. The predicted octanol–water partition coefficient (Wildman–Crippen LogP) is 13.2. The molecule has 0 aromatic carbocycles. The Bertz CT molecular complexity index is 271. The van der Waals surface area contributed by atoms with Gasteiger partial charge >= 0.3 is 59.6 Å². The molecule has 0 spiro atoms. The fourth-order valence-electron chi connectivity index (χ4n) is 4.26. The first-order valence-electron chi connectivity index (χ1n) is 18.0. The van der Waals surface area contributed by atoms with Gasteiger partial charge in [0.05, 0.1) is 0 Å². The molecular formula is C36H76S3Sn. The summed E-state index contributed by atoms with van der Waals surface area (Å²) in [6.45, 7) is 9.04. The van der Waals surface area contributed by atoms with Crippen molar-refractivity contribution < 1.29 is 0 Å². The monoisotopic (exact) mass is 724 g/mol. The molecule has 0 fully saturated rings. The molecular weight excluding hydrogens is 647 g/mol. The van der Waals surface area contributed by atoms with E-state index in [4.69, 9.17) is 37.9 Å². The van der Waals surface area contributed by atoms with Gasteiger partial charge < -0.3 is 37.9 Å². The van der Waals surface area contributed by atoms with Gasteiger partial charge in [-0.05, 0) is 0 Å². The van der Waals surface area contributed by atoms with Crippen molar-refractivity contribution in [3.63, 3.8) is 0 Å². The van der Waals surface area contributed by atoms with Crippen LogP contribution in [0.25, 0.3) is 0 Å². The Hall–Kier alpha value is 1.85. The van der Waals surface area contributed by atoms with Crippen LogP contribution in [-0.4, -0.2) is 39.8 Å². The molecule has 0 saturated heterocycles. The van der Waals surface area contributed by atoms with Crippen LogP contribution in [-0.2, 0) is 37.9 Å². The van der Waals surface area contributed by atoms with Gasteiger partial charge in [-0.15, -0.1) is 0 Å². The van der Waals surface area contributed by atoms with Crippen molar-refractivity contribution in [2.45, 2.75) is 212 Å². The molecule has 0 aliphatic rings. The summed E-state index contributed by atoms with van der Waals surface area (Å²) in [6.07, 6.45) is 39.0. The summed E-state index contributed by atoms with van der Waals surface area (Å²) in [4.78, 5) is 0. The van der Waals surface area contributed by atoms with E-state index in [2.05, 4.69) is 27.7 Å². The first-order valence-corrected chi connectivity index (χ1v) is 21.8. The van der Waals surface area contributed by atoms with Crippen LogP contribution in [0.15, 0.2) is 0 Å². The quantitative estimate of drug-likeness (QED) is 0.0448. The van der Waals surface area contributed by atoms with E-state index in [9.17, 15) is 0 Å². The molecule has 0 N–H and O–H groups in total. The Morgan fingerprint density at radius 1 is 0.275 bits per heavy atom. The Kier molecular flexibility index (Phi) is 69.0. The fourth-order valence-corrected chi connectivity index (χ4v) is 5.59. The van der Waals surface area contributed by atoms with E-state index in [1.54, 1.807) is 22.5 Å². The van der Waals surface area contributed by atoms with E-state index >= 15 is 0 Å². The van der Waals surface area contributed by atoms with E-state index < -0.39 is 0 Å². The standard InChI is InChI=1S/3C10H22S.C6H13.Sn/c3*1-2-3-4-5-6-7-8-9-10-11;1-3-5-6-4-2;/h3*11H,2-10H2,1H3;1,3-6H2,2H3;/q;;;;+3/p-3. The molecule has 0 aliphatic carbocycles. The van der Waals surface area contributed by atoms with Crippen molar-refractivity contribution in [3.05, 3.63) is 0 Å². The molecule has 4 heteroatoms.